The lowest BCUT2D eigenvalue weighted by atomic mass is 10.1. The predicted octanol–water partition coefficient (Wildman–Crippen LogP) is 4.10. The van der Waals surface area contributed by atoms with E-state index in [9.17, 15) is 10.1 Å². The maximum atomic E-state index is 10.9. The number of nitrogens with zero attached hydrogens (tertiary/aromatic N) is 1. The second kappa shape index (κ2) is 5.26. The molecule has 108 valence electrons. The van der Waals surface area contributed by atoms with Crippen molar-refractivity contribution in [1.29, 1.82) is 0 Å². The van der Waals surface area contributed by atoms with Crippen LogP contribution >= 0.6 is 11.6 Å². The number of nitro groups is 1. The van der Waals surface area contributed by atoms with Crippen molar-refractivity contribution in [1.82, 2.24) is 0 Å². The Morgan fingerprint density at radius 2 is 2.14 bits per heavy atom. The zero-order valence-electron chi connectivity index (χ0n) is 11.3. The minimum Gasteiger partial charge on any atom is -0.491 e. The molecule has 1 unspecified atom stereocenters. The zero-order chi connectivity index (χ0) is 15.0. The van der Waals surface area contributed by atoms with E-state index in [1.54, 1.807) is 6.07 Å². The smallest absolute Gasteiger partial charge is 0.288 e. The van der Waals surface area contributed by atoms with E-state index in [-0.39, 0.29) is 16.8 Å². The van der Waals surface area contributed by atoms with Gasteiger partial charge in [0.25, 0.3) is 5.69 Å². The van der Waals surface area contributed by atoms with Gasteiger partial charge in [-0.3, -0.25) is 10.1 Å². The van der Waals surface area contributed by atoms with Crippen LogP contribution in [0.1, 0.15) is 17.2 Å². The van der Waals surface area contributed by atoms with Gasteiger partial charge in [-0.25, -0.2) is 0 Å². The number of nitrogens with one attached hydrogen (secondary N) is 1. The molecule has 0 saturated carbocycles. The molecule has 1 heterocycles. The molecule has 0 saturated heterocycles. The quantitative estimate of drug-likeness (QED) is 0.685. The van der Waals surface area contributed by atoms with Crippen molar-refractivity contribution in [2.45, 2.75) is 13.0 Å². The fourth-order valence-electron chi connectivity index (χ4n) is 2.43. The third kappa shape index (κ3) is 2.52. The van der Waals surface area contributed by atoms with E-state index < -0.39 is 4.92 Å². The number of hydrogen-bond acceptors (Lipinski definition) is 4. The number of hydrogen-bond donors (Lipinski definition) is 1. The fourth-order valence-corrected chi connectivity index (χ4v) is 2.66. The Morgan fingerprint density at radius 3 is 2.90 bits per heavy atom. The maximum absolute atomic E-state index is 10.9. The van der Waals surface area contributed by atoms with Crippen molar-refractivity contribution < 1.29 is 9.66 Å². The highest BCUT2D eigenvalue weighted by Crippen LogP contribution is 2.37. The second-order valence-corrected chi connectivity index (χ2v) is 5.33. The van der Waals surface area contributed by atoms with Crippen LogP contribution in [0, 0.1) is 17.0 Å². The number of benzene rings is 2. The lowest BCUT2D eigenvalue weighted by Crippen LogP contribution is -2.13. The molecule has 0 aromatic heterocycles. The van der Waals surface area contributed by atoms with Crippen LogP contribution in [0.4, 0.5) is 11.4 Å². The summed E-state index contributed by atoms with van der Waals surface area (Å²) >= 11 is 5.97. The summed E-state index contributed by atoms with van der Waals surface area (Å²) in [6.45, 7) is 2.33. The Balaban J connectivity index is 1.90. The molecule has 0 bridgehead atoms. The molecule has 0 fully saturated rings. The third-order valence-corrected chi connectivity index (χ3v) is 3.82. The van der Waals surface area contributed by atoms with E-state index >= 15 is 0 Å². The molecule has 5 nitrogen and oxygen atoms in total. The Labute approximate surface area is 126 Å². The normalized spacial score (nSPS) is 16.2. The van der Waals surface area contributed by atoms with E-state index in [1.807, 2.05) is 31.2 Å². The Morgan fingerprint density at radius 1 is 1.38 bits per heavy atom. The van der Waals surface area contributed by atoms with Crippen LogP contribution in [-0.4, -0.2) is 11.5 Å². The van der Waals surface area contributed by atoms with Crippen molar-refractivity contribution in [3.8, 4) is 5.75 Å². The van der Waals surface area contributed by atoms with E-state index in [4.69, 9.17) is 16.3 Å². The Kier molecular flexibility index (Phi) is 3.43. The first-order chi connectivity index (χ1) is 10.1. The van der Waals surface area contributed by atoms with Gasteiger partial charge >= 0.3 is 0 Å². The molecule has 2 aromatic rings. The molecular formula is C15H13ClN2O3. The van der Waals surface area contributed by atoms with Gasteiger partial charge in [-0.1, -0.05) is 29.8 Å². The van der Waals surface area contributed by atoms with E-state index in [0.717, 1.165) is 22.6 Å². The highest BCUT2D eigenvalue weighted by molar-refractivity contribution is 6.33. The molecule has 0 aliphatic carbocycles. The van der Waals surface area contributed by atoms with Gasteiger partial charge < -0.3 is 10.1 Å². The third-order valence-electron chi connectivity index (χ3n) is 3.52. The summed E-state index contributed by atoms with van der Waals surface area (Å²) in [6.07, 6.45) is 0. The molecule has 1 N–H and O–H groups in total. The van der Waals surface area contributed by atoms with Crippen molar-refractivity contribution in [3.05, 3.63) is 62.7 Å². The lowest BCUT2D eigenvalue weighted by Gasteiger charge is -2.15. The van der Waals surface area contributed by atoms with Gasteiger partial charge in [0.2, 0.25) is 0 Å². The van der Waals surface area contributed by atoms with Crippen LogP contribution in [0.2, 0.25) is 5.02 Å². The number of rotatable bonds is 3. The van der Waals surface area contributed by atoms with Crippen LogP contribution in [-0.2, 0) is 0 Å². The molecule has 0 spiro atoms. The van der Waals surface area contributed by atoms with E-state index in [2.05, 4.69) is 5.32 Å². The van der Waals surface area contributed by atoms with Gasteiger partial charge in [-0.2, -0.15) is 0 Å². The standard InChI is InChI=1S/C15H13ClN2O3/c1-9-6-14(18(19)20)11(16)7-12(9)17-13-8-21-15-5-3-2-4-10(13)15/h2-7,13,17H,8H2,1H3. The molecule has 1 aliphatic heterocycles. The number of ether oxygens (including phenoxy) is 1. The number of halogens is 1. The topological polar surface area (TPSA) is 64.4 Å². The molecule has 6 heteroatoms. The van der Waals surface area contributed by atoms with Crippen LogP contribution < -0.4 is 10.1 Å². The Bertz CT molecular complexity index is 718. The Hall–Kier alpha value is -2.27. The zero-order valence-corrected chi connectivity index (χ0v) is 12.1. The predicted molar refractivity (Wildman–Crippen MR) is 81.1 cm³/mol. The van der Waals surface area contributed by atoms with Crippen molar-refractivity contribution in [3.63, 3.8) is 0 Å². The number of anilines is 1. The average molecular weight is 305 g/mol. The van der Waals surface area contributed by atoms with Gasteiger partial charge in [0, 0.05) is 17.3 Å². The van der Waals surface area contributed by atoms with Gasteiger partial charge in [-0.05, 0) is 24.6 Å². The number of nitro benzene ring substituents is 1. The largest absolute Gasteiger partial charge is 0.491 e. The van der Waals surface area contributed by atoms with Crippen molar-refractivity contribution >= 4 is 23.0 Å². The molecule has 2 aromatic carbocycles. The number of aryl methyl sites for hydroxylation is 1. The van der Waals surface area contributed by atoms with Gasteiger partial charge in [0.05, 0.1) is 11.0 Å². The fraction of sp³-hybridized carbons (Fsp3) is 0.200. The summed E-state index contributed by atoms with van der Waals surface area (Å²) in [6, 6.07) is 10.9. The minimum absolute atomic E-state index is 0.0115. The minimum atomic E-state index is -0.479. The molecule has 21 heavy (non-hydrogen) atoms. The number of fused-ring (bicyclic) bond motifs is 1. The summed E-state index contributed by atoms with van der Waals surface area (Å²) < 4.78 is 5.61. The molecule has 1 atom stereocenters. The summed E-state index contributed by atoms with van der Waals surface area (Å²) in [5.41, 5.74) is 2.54. The highest BCUT2D eigenvalue weighted by Gasteiger charge is 2.24. The van der Waals surface area contributed by atoms with Crippen molar-refractivity contribution in [2.75, 3.05) is 11.9 Å². The second-order valence-electron chi connectivity index (χ2n) is 4.92. The average Bonchev–Trinajstić information content (AvgIpc) is 2.85. The van der Waals surface area contributed by atoms with Gasteiger partial charge in [0.15, 0.2) is 0 Å². The van der Waals surface area contributed by atoms with E-state index in [0.29, 0.717) is 6.61 Å². The first-order valence-corrected chi connectivity index (χ1v) is 6.87. The molecule has 1 aliphatic rings. The molecule has 0 amide bonds. The van der Waals surface area contributed by atoms with Crippen LogP contribution in [0.25, 0.3) is 0 Å². The monoisotopic (exact) mass is 304 g/mol. The summed E-state index contributed by atoms with van der Waals surface area (Å²) in [7, 11) is 0. The van der Waals surface area contributed by atoms with E-state index in [1.165, 1.54) is 6.07 Å². The van der Waals surface area contributed by atoms with Crippen LogP contribution in [0.3, 0.4) is 0 Å². The van der Waals surface area contributed by atoms with Crippen molar-refractivity contribution in [2.24, 2.45) is 0 Å². The molecular weight excluding hydrogens is 292 g/mol. The summed E-state index contributed by atoms with van der Waals surface area (Å²) in [5.74, 6) is 0.862. The van der Waals surface area contributed by atoms with Crippen LogP contribution in [0.5, 0.6) is 5.75 Å². The first-order valence-electron chi connectivity index (χ1n) is 6.49. The first kappa shape index (κ1) is 13.7. The summed E-state index contributed by atoms with van der Waals surface area (Å²) in [5, 5.41) is 14.3. The van der Waals surface area contributed by atoms with Gasteiger partial charge in [0.1, 0.15) is 17.4 Å². The lowest BCUT2D eigenvalue weighted by molar-refractivity contribution is -0.384. The maximum Gasteiger partial charge on any atom is 0.288 e. The number of para-hydroxylation sites is 1. The summed E-state index contributed by atoms with van der Waals surface area (Å²) in [4.78, 5) is 10.4. The van der Waals surface area contributed by atoms with Crippen LogP contribution in [0.15, 0.2) is 36.4 Å². The molecule has 0 radical (unpaired) electrons. The molecule has 3 rings (SSSR count). The highest BCUT2D eigenvalue weighted by atomic mass is 35.5. The SMILES string of the molecule is Cc1cc([N+](=O)[O-])c(Cl)cc1NC1COc2ccccc21. The van der Waals surface area contributed by atoms with Gasteiger partial charge in [-0.15, -0.1) is 0 Å².